The molecule has 1 aromatic heterocycles. The molecule has 0 aliphatic carbocycles. The van der Waals surface area contributed by atoms with E-state index >= 15 is 0 Å². The number of hydrazine groups is 1. The number of ether oxygens (including phenoxy) is 1. The molecule has 124 valence electrons. The van der Waals surface area contributed by atoms with Crippen LogP contribution in [0.25, 0.3) is 5.57 Å². The Morgan fingerprint density at radius 1 is 1.42 bits per heavy atom. The molecule has 0 aliphatic rings. The summed E-state index contributed by atoms with van der Waals surface area (Å²) >= 11 is 1.37. The number of carbonyl (C=O) groups excluding carboxylic acids is 1. The number of thiazole rings is 1. The molecule has 0 fully saturated rings. The van der Waals surface area contributed by atoms with Gasteiger partial charge in [0.1, 0.15) is 22.4 Å². The fourth-order valence-electron chi connectivity index (χ4n) is 1.85. The molecule has 2 rings (SSSR count). The number of aromatic nitrogens is 1. The molecule has 0 saturated carbocycles. The van der Waals surface area contributed by atoms with Crippen LogP contribution in [0.4, 0.5) is 0 Å². The Bertz CT molecular complexity index is 805. The van der Waals surface area contributed by atoms with Crippen LogP contribution < -0.4 is 15.6 Å². The van der Waals surface area contributed by atoms with Crippen molar-refractivity contribution in [3.05, 3.63) is 51.6 Å². The molecule has 2 N–H and O–H groups in total. The SMILES string of the molecule is Cc1ccc(C)c(OCC(=O)NN/C=C(\C#N)c2nc(C)cs2)c1. The summed E-state index contributed by atoms with van der Waals surface area (Å²) in [5.74, 6) is 0.330. The molecule has 1 amide bonds. The molecule has 0 spiro atoms. The first kappa shape index (κ1) is 17.5. The lowest BCUT2D eigenvalue weighted by molar-refractivity contribution is -0.123. The van der Waals surface area contributed by atoms with Gasteiger partial charge in [-0.25, -0.2) is 4.98 Å². The maximum absolute atomic E-state index is 11.8. The minimum Gasteiger partial charge on any atom is -0.483 e. The Balaban J connectivity index is 1.85. The van der Waals surface area contributed by atoms with Gasteiger partial charge in [0.05, 0.1) is 0 Å². The lowest BCUT2D eigenvalue weighted by Gasteiger charge is -2.10. The van der Waals surface area contributed by atoms with Crippen molar-refractivity contribution in [3.8, 4) is 11.8 Å². The normalized spacial score (nSPS) is 10.8. The van der Waals surface area contributed by atoms with E-state index < -0.39 is 0 Å². The molecule has 0 bridgehead atoms. The quantitative estimate of drug-likeness (QED) is 0.622. The highest BCUT2D eigenvalue weighted by Gasteiger charge is 2.07. The third-order valence-corrected chi connectivity index (χ3v) is 4.09. The number of allylic oxidation sites excluding steroid dienone is 1. The van der Waals surface area contributed by atoms with E-state index in [0.717, 1.165) is 16.8 Å². The number of nitrogens with one attached hydrogen (secondary N) is 2. The van der Waals surface area contributed by atoms with Crippen LogP contribution >= 0.6 is 11.3 Å². The summed E-state index contributed by atoms with van der Waals surface area (Å²) < 4.78 is 5.50. The van der Waals surface area contributed by atoms with E-state index in [4.69, 9.17) is 10.00 Å². The van der Waals surface area contributed by atoms with Crippen molar-refractivity contribution < 1.29 is 9.53 Å². The van der Waals surface area contributed by atoms with Crippen LogP contribution in [0.1, 0.15) is 21.8 Å². The zero-order valence-electron chi connectivity index (χ0n) is 13.7. The molecule has 0 aliphatic heterocycles. The van der Waals surface area contributed by atoms with E-state index in [1.807, 2.05) is 50.4 Å². The van der Waals surface area contributed by atoms with Crippen molar-refractivity contribution in [2.24, 2.45) is 0 Å². The van der Waals surface area contributed by atoms with Gasteiger partial charge in [0.15, 0.2) is 6.61 Å². The monoisotopic (exact) mass is 342 g/mol. The Morgan fingerprint density at radius 3 is 2.88 bits per heavy atom. The third kappa shape index (κ3) is 4.83. The Morgan fingerprint density at radius 2 is 2.21 bits per heavy atom. The fraction of sp³-hybridized carbons (Fsp3) is 0.235. The average Bonchev–Trinajstić information content (AvgIpc) is 2.98. The maximum Gasteiger partial charge on any atom is 0.276 e. The second kappa shape index (κ2) is 8.13. The van der Waals surface area contributed by atoms with E-state index in [2.05, 4.69) is 15.8 Å². The van der Waals surface area contributed by atoms with Crippen LogP contribution in [0.15, 0.2) is 29.8 Å². The molecule has 0 radical (unpaired) electrons. The Labute approximate surface area is 144 Å². The highest BCUT2D eigenvalue weighted by molar-refractivity contribution is 7.10. The Kier molecular flexibility index (Phi) is 5.93. The molecule has 7 heteroatoms. The van der Waals surface area contributed by atoms with Crippen molar-refractivity contribution in [2.75, 3.05) is 6.61 Å². The molecule has 1 heterocycles. The van der Waals surface area contributed by atoms with Crippen molar-refractivity contribution >= 4 is 22.8 Å². The summed E-state index contributed by atoms with van der Waals surface area (Å²) in [5.41, 5.74) is 8.30. The van der Waals surface area contributed by atoms with E-state index in [-0.39, 0.29) is 12.5 Å². The predicted octanol–water partition coefficient (Wildman–Crippen LogP) is 2.63. The van der Waals surface area contributed by atoms with Gasteiger partial charge in [-0.05, 0) is 38.0 Å². The second-order valence-corrected chi connectivity index (χ2v) is 6.07. The van der Waals surface area contributed by atoms with Crippen LogP contribution in [0.3, 0.4) is 0 Å². The molecular formula is C17H18N4O2S. The van der Waals surface area contributed by atoms with Crippen LogP contribution in [-0.4, -0.2) is 17.5 Å². The standard InChI is InChI=1S/C17H18N4O2S/c1-11-4-5-12(2)15(6-11)23-9-16(22)21-19-8-14(7-18)17-20-13(3)10-24-17/h4-6,8,10,19H,9H2,1-3H3,(H,21,22)/b14-8+. The van der Waals surface area contributed by atoms with Gasteiger partial charge in [0.25, 0.3) is 5.91 Å². The van der Waals surface area contributed by atoms with Crippen molar-refractivity contribution in [1.29, 1.82) is 5.26 Å². The fourth-order valence-corrected chi connectivity index (χ4v) is 2.61. The first-order chi connectivity index (χ1) is 11.5. The van der Waals surface area contributed by atoms with Gasteiger partial charge in [0, 0.05) is 17.3 Å². The highest BCUT2D eigenvalue weighted by atomic mass is 32.1. The molecular weight excluding hydrogens is 324 g/mol. The lowest BCUT2D eigenvalue weighted by atomic mass is 10.1. The Hall–Kier alpha value is -2.85. The molecule has 2 aromatic rings. The highest BCUT2D eigenvalue weighted by Crippen LogP contribution is 2.19. The molecule has 0 unspecified atom stereocenters. The maximum atomic E-state index is 11.8. The summed E-state index contributed by atoms with van der Waals surface area (Å²) in [7, 11) is 0. The average molecular weight is 342 g/mol. The van der Waals surface area contributed by atoms with Gasteiger partial charge >= 0.3 is 0 Å². The second-order valence-electron chi connectivity index (χ2n) is 5.21. The summed E-state index contributed by atoms with van der Waals surface area (Å²) in [4.78, 5) is 16.0. The number of hydrogen-bond donors (Lipinski definition) is 2. The number of nitriles is 1. The van der Waals surface area contributed by atoms with Crippen molar-refractivity contribution in [2.45, 2.75) is 20.8 Å². The summed E-state index contributed by atoms with van der Waals surface area (Å²) in [5, 5.41) is 11.6. The van der Waals surface area contributed by atoms with E-state index in [1.54, 1.807) is 0 Å². The third-order valence-electron chi connectivity index (χ3n) is 3.10. The predicted molar refractivity (Wildman–Crippen MR) is 93.1 cm³/mol. The zero-order valence-corrected chi connectivity index (χ0v) is 14.5. The van der Waals surface area contributed by atoms with Gasteiger partial charge in [-0.1, -0.05) is 12.1 Å². The topological polar surface area (TPSA) is 87.0 Å². The summed E-state index contributed by atoms with van der Waals surface area (Å²) in [6.45, 7) is 5.61. The van der Waals surface area contributed by atoms with Gasteiger partial charge in [-0.15, -0.1) is 11.3 Å². The number of carbonyl (C=O) groups is 1. The zero-order chi connectivity index (χ0) is 17.5. The largest absolute Gasteiger partial charge is 0.483 e. The van der Waals surface area contributed by atoms with Crippen LogP contribution in [0, 0.1) is 32.1 Å². The number of nitrogens with zero attached hydrogens (tertiary/aromatic N) is 2. The summed E-state index contributed by atoms with van der Waals surface area (Å²) in [6.07, 6.45) is 1.41. The lowest BCUT2D eigenvalue weighted by Crippen LogP contribution is -2.37. The van der Waals surface area contributed by atoms with Gasteiger partial charge in [-0.3, -0.25) is 10.2 Å². The number of aryl methyl sites for hydroxylation is 3. The smallest absolute Gasteiger partial charge is 0.276 e. The number of rotatable bonds is 6. The number of benzene rings is 1. The molecule has 1 aromatic carbocycles. The minimum absolute atomic E-state index is 0.122. The van der Waals surface area contributed by atoms with E-state index in [9.17, 15) is 4.79 Å². The van der Waals surface area contributed by atoms with Crippen LogP contribution in [0.2, 0.25) is 0 Å². The van der Waals surface area contributed by atoms with Crippen molar-refractivity contribution in [1.82, 2.24) is 15.8 Å². The first-order valence-corrected chi connectivity index (χ1v) is 8.14. The van der Waals surface area contributed by atoms with Crippen LogP contribution in [0.5, 0.6) is 5.75 Å². The first-order valence-electron chi connectivity index (χ1n) is 7.27. The van der Waals surface area contributed by atoms with Gasteiger partial charge < -0.3 is 10.2 Å². The number of amides is 1. The molecule has 0 saturated heterocycles. The van der Waals surface area contributed by atoms with E-state index in [0.29, 0.717) is 16.3 Å². The van der Waals surface area contributed by atoms with Gasteiger partial charge in [0.2, 0.25) is 0 Å². The molecule has 0 atom stereocenters. The molecule has 6 nitrogen and oxygen atoms in total. The van der Waals surface area contributed by atoms with Crippen LogP contribution in [-0.2, 0) is 4.79 Å². The van der Waals surface area contributed by atoms with Crippen molar-refractivity contribution in [3.63, 3.8) is 0 Å². The minimum atomic E-state index is -0.347. The molecule has 24 heavy (non-hydrogen) atoms. The van der Waals surface area contributed by atoms with E-state index in [1.165, 1.54) is 17.5 Å². The summed E-state index contributed by atoms with van der Waals surface area (Å²) in [6, 6.07) is 7.85. The van der Waals surface area contributed by atoms with Gasteiger partial charge in [-0.2, -0.15) is 5.26 Å². The number of hydrogen-bond acceptors (Lipinski definition) is 6.